The summed E-state index contributed by atoms with van der Waals surface area (Å²) in [6.07, 6.45) is 0.520. The number of amides is 1. The summed E-state index contributed by atoms with van der Waals surface area (Å²) in [6.45, 7) is 9.29. The Morgan fingerprint density at radius 3 is 2.67 bits per heavy atom. The van der Waals surface area contributed by atoms with Gasteiger partial charge in [-0.1, -0.05) is 12.1 Å². The zero-order valence-electron chi connectivity index (χ0n) is 11.6. The van der Waals surface area contributed by atoms with Crippen LogP contribution in [0.25, 0.3) is 0 Å². The topological polar surface area (TPSA) is 78.9 Å². The summed E-state index contributed by atoms with van der Waals surface area (Å²) in [5.74, 6) is 0.869. The minimum atomic E-state index is -0.910. The average Bonchev–Trinajstić information content (AvgIpc) is 2.34. The second-order valence-corrected chi connectivity index (χ2v) is 7.31. The van der Waals surface area contributed by atoms with Crippen molar-refractivity contribution in [2.75, 3.05) is 18.8 Å². The minimum absolute atomic E-state index is 0.00830. The van der Waals surface area contributed by atoms with E-state index in [0.29, 0.717) is 13.0 Å². The van der Waals surface area contributed by atoms with Gasteiger partial charge in [-0.05, 0) is 27.2 Å². The number of rotatable bonds is 3. The van der Waals surface area contributed by atoms with E-state index in [1.807, 2.05) is 23.6 Å². The van der Waals surface area contributed by atoms with Crippen LogP contribution in [-0.2, 0) is 4.79 Å². The molecule has 1 amide bonds. The standard InChI is InChI=1S/C12H23N3O2S/c1-5-12(4,9(13)14-17)10(16)15-6-7-18-11(2,3)8-15/h17H,5-8H2,1-4H3,(H2,13,14). The fourth-order valence-corrected chi connectivity index (χ4v) is 3.20. The Bertz CT molecular complexity index is 357. The molecule has 0 aromatic carbocycles. The van der Waals surface area contributed by atoms with Crippen molar-refractivity contribution in [3.8, 4) is 0 Å². The Kier molecular flexibility index (Phi) is 4.53. The lowest BCUT2D eigenvalue weighted by atomic mass is 9.84. The Labute approximate surface area is 113 Å². The number of nitrogens with zero attached hydrogens (tertiary/aromatic N) is 2. The van der Waals surface area contributed by atoms with Gasteiger partial charge in [0.2, 0.25) is 5.91 Å². The first-order valence-electron chi connectivity index (χ1n) is 6.18. The summed E-state index contributed by atoms with van der Waals surface area (Å²) in [7, 11) is 0. The Morgan fingerprint density at radius 1 is 1.61 bits per heavy atom. The lowest BCUT2D eigenvalue weighted by Gasteiger charge is -2.41. The molecule has 1 fully saturated rings. The molecular weight excluding hydrogens is 250 g/mol. The van der Waals surface area contributed by atoms with Crippen LogP contribution in [0.2, 0.25) is 0 Å². The fraction of sp³-hybridized carbons (Fsp3) is 0.833. The Morgan fingerprint density at radius 2 is 2.22 bits per heavy atom. The SMILES string of the molecule is CCC(C)(C(=O)N1CCSC(C)(C)C1)C(N)=NO. The van der Waals surface area contributed by atoms with Gasteiger partial charge in [-0.2, -0.15) is 11.8 Å². The van der Waals surface area contributed by atoms with Gasteiger partial charge in [-0.3, -0.25) is 4.79 Å². The molecule has 0 aromatic rings. The molecule has 1 aliphatic rings. The van der Waals surface area contributed by atoms with Gasteiger partial charge >= 0.3 is 0 Å². The summed E-state index contributed by atoms with van der Waals surface area (Å²) in [5.41, 5.74) is 4.77. The van der Waals surface area contributed by atoms with Gasteiger partial charge in [0.05, 0.1) is 0 Å². The molecule has 5 nitrogen and oxygen atoms in total. The van der Waals surface area contributed by atoms with Crippen molar-refractivity contribution in [2.45, 2.75) is 38.9 Å². The molecule has 1 rings (SSSR count). The molecule has 1 heterocycles. The number of thioether (sulfide) groups is 1. The molecule has 104 valence electrons. The van der Waals surface area contributed by atoms with E-state index in [-0.39, 0.29) is 16.5 Å². The summed E-state index contributed by atoms with van der Waals surface area (Å²) >= 11 is 1.87. The van der Waals surface area contributed by atoms with Crippen LogP contribution in [0.5, 0.6) is 0 Å². The number of carbonyl (C=O) groups excluding carboxylic acids is 1. The van der Waals surface area contributed by atoms with Crippen LogP contribution >= 0.6 is 11.8 Å². The third kappa shape index (κ3) is 2.91. The third-order valence-corrected chi connectivity index (χ3v) is 4.86. The first-order valence-corrected chi connectivity index (χ1v) is 7.17. The number of carbonyl (C=O) groups is 1. The molecule has 3 N–H and O–H groups in total. The molecule has 18 heavy (non-hydrogen) atoms. The highest BCUT2D eigenvalue weighted by atomic mass is 32.2. The van der Waals surface area contributed by atoms with Crippen molar-refractivity contribution >= 4 is 23.5 Å². The zero-order chi connectivity index (χ0) is 14.0. The van der Waals surface area contributed by atoms with Crippen LogP contribution in [0.4, 0.5) is 0 Å². The van der Waals surface area contributed by atoms with Crippen LogP contribution in [0, 0.1) is 5.41 Å². The van der Waals surface area contributed by atoms with Gasteiger partial charge in [-0.25, -0.2) is 0 Å². The highest BCUT2D eigenvalue weighted by Crippen LogP contribution is 2.33. The molecule has 1 saturated heterocycles. The van der Waals surface area contributed by atoms with Crippen LogP contribution in [-0.4, -0.2) is 45.4 Å². The van der Waals surface area contributed by atoms with Gasteiger partial charge in [-0.15, -0.1) is 0 Å². The quantitative estimate of drug-likeness (QED) is 0.353. The van der Waals surface area contributed by atoms with Gasteiger partial charge < -0.3 is 15.8 Å². The van der Waals surface area contributed by atoms with Crippen LogP contribution in [0.3, 0.4) is 0 Å². The molecule has 0 bridgehead atoms. The average molecular weight is 273 g/mol. The van der Waals surface area contributed by atoms with Crippen molar-refractivity contribution in [3.63, 3.8) is 0 Å². The predicted molar refractivity (Wildman–Crippen MR) is 74.9 cm³/mol. The lowest BCUT2D eigenvalue weighted by Crippen LogP contribution is -2.54. The number of nitrogens with two attached hydrogens (primary N) is 1. The third-order valence-electron chi connectivity index (χ3n) is 3.57. The monoisotopic (exact) mass is 273 g/mol. The summed E-state index contributed by atoms with van der Waals surface area (Å²) in [5, 5.41) is 11.9. The molecule has 1 aliphatic heterocycles. The molecule has 1 atom stereocenters. The molecule has 0 aliphatic carbocycles. The van der Waals surface area contributed by atoms with E-state index in [1.54, 1.807) is 6.92 Å². The zero-order valence-corrected chi connectivity index (χ0v) is 12.4. The fourth-order valence-electron chi connectivity index (χ4n) is 2.09. The highest BCUT2D eigenvalue weighted by Gasteiger charge is 2.42. The first-order chi connectivity index (χ1) is 8.27. The van der Waals surface area contributed by atoms with E-state index < -0.39 is 5.41 Å². The van der Waals surface area contributed by atoms with Crippen LogP contribution < -0.4 is 5.73 Å². The second-order valence-electron chi connectivity index (χ2n) is 5.51. The number of oxime groups is 1. The van der Waals surface area contributed by atoms with E-state index in [4.69, 9.17) is 10.9 Å². The van der Waals surface area contributed by atoms with Crippen molar-refractivity contribution in [3.05, 3.63) is 0 Å². The molecule has 6 heteroatoms. The molecule has 0 spiro atoms. The molecular formula is C12H23N3O2S. The van der Waals surface area contributed by atoms with Crippen LogP contribution in [0.1, 0.15) is 34.1 Å². The maximum atomic E-state index is 12.6. The summed E-state index contributed by atoms with van der Waals surface area (Å²) < 4.78 is 0.0632. The number of hydrogen-bond acceptors (Lipinski definition) is 4. The van der Waals surface area contributed by atoms with E-state index >= 15 is 0 Å². The van der Waals surface area contributed by atoms with Crippen molar-refractivity contribution in [2.24, 2.45) is 16.3 Å². The van der Waals surface area contributed by atoms with Gasteiger partial charge in [0, 0.05) is 23.6 Å². The lowest BCUT2D eigenvalue weighted by molar-refractivity contribution is -0.138. The maximum Gasteiger partial charge on any atom is 0.236 e. The predicted octanol–water partition coefficient (Wildman–Crippen LogP) is 1.50. The van der Waals surface area contributed by atoms with Crippen molar-refractivity contribution in [1.82, 2.24) is 4.90 Å². The second kappa shape index (κ2) is 5.38. The minimum Gasteiger partial charge on any atom is -0.409 e. The Balaban J connectivity index is 2.91. The van der Waals surface area contributed by atoms with Crippen molar-refractivity contribution in [1.29, 1.82) is 0 Å². The summed E-state index contributed by atoms with van der Waals surface area (Å²) in [6, 6.07) is 0. The van der Waals surface area contributed by atoms with E-state index in [0.717, 1.165) is 12.3 Å². The molecule has 1 unspecified atom stereocenters. The van der Waals surface area contributed by atoms with E-state index in [1.165, 1.54) is 0 Å². The molecule has 0 radical (unpaired) electrons. The number of hydrogen-bond donors (Lipinski definition) is 2. The summed E-state index contributed by atoms with van der Waals surface area (Å²) in [4.78, 5) is 14.4. The maximum absolute atomic E-state index is 12.6. The smallest absolute Gasteiger partial charge is 0.236 e. The van der Waals surface area contributed by atoms with E-state index in [9.17, 15) is 4.79 Å². The van der Waals surface area contributed by atoms with Gasteiger partial charge in [0.15, 0.2) is 5.84 Å². The Hall–Kier alpha value is -0.910. The van der Waals surface area contributed by atoms with Gasteiger partial charge in [0.25, 0.3) is 0 Å². The van der Waals surface area contributed by atoms with Gasteiger partial charge in [0.1, 0.15) is 5.41 Å². The molecule has 0 saturated carbocycles. The first kappa shape index (κ1) is 15.1. The number of amidine groups is 1. The van der Waals surface area contributed by atoms with E-state index in [2.05, 4.69) is 19.0 Å². The highest BCUT2D eigenvalue weighted by molar-refractivity contribution is 8.00. The normalized spacial score (nSPS) is 23.6. The van der Waals surface area contributed by atoms with Crippen molar-refractivity contribution < 1.29 is 10.0 Å². The van der Waals surface area contributed by atoms with Crippen LogP contribution in [0.15, 0.2) is 5.16 Å². The largest absolute Gasteiger partial charge is 0.409 e. The molecule has 0 aromatic heterocycles.